The van der Waals surface area contributed by atoms with Crippen molar-refractivity contribution in [3.8, 4) is 11.5 Å². The van der Waals surface area contributed by atoms with Crippen LogP contribution in [0, 0.1) is 0 Å². The number of carbonyl (C=O) groups excluding carboxylic acids is 1. The summed E-state index contributed by atoms with van der Waals surface area (Å²) < 4.78 is 16.0. The molecule has 1 aromatic heterocycles. The second kappa shape index (κ2) is 6.27. The molecule has 0 bridgehead atoms. The predicted molar refractivity (Wildman–Crippen MR) is 88.7 cm³/mol. The van der Waals surface area contributed by atoms with Gasteiger partial charge in [0, 0.05) is 24.2 Å². The Morgan fingerprint density at radius 3 is 2.96 bits per heavy atom. The lowest BCUT2D eigenvalue weighted by Crippen LogP contribution is -2.34. The van der Waals surface area contributed by atoms with Gasteiger partial charge in [-0.3, -0.25) is 0 Å². The molecule has 1 fully saturated rings. The maximum Gasteiger partial charge on any atom is 0.322 e. The Bertz CT molecular complexity index is 789. The van der Waals surface area contributed by atoms with Crippen molar-refractivity contribution in [1.82, 2.24) is 15.0 Å². The van der Waals surface area contributed by atoms with E-state index in [4.69, 9.17) is 14.0 Å². The fourth-order valence-electron chi connectivity index (χ4n) is 3.05. The minimum Gasteiger partial charge on any atom is -0.454 e. The summed E-state index contributed by atoms with van der Waals surface area (Å²) in [4.78, 5) is 18.9. The van der Waals surface area contributed by atoms with E-state index in [0.717, 1.165) is 12.8 Å². The van der Waals surface area contributed by atoms with E-state index < -0.39 is 0 Å². The fraction of sp³-hybridized carbons (Fsp3) is 0.471. The molecule has 1 atom stereocenters. The topological polar surface area (TPSA) is 89.7 Å². The maximum atomic E-state index is 12.7. The van der Waals surface area contributed by atoms with Gasteiger partial charge in [-0.1, -0.05) is 19.0 Å². The van der Waals surface area contributed by atoms with Crippen LogP contribution in [0.1, 0.15) is 50.4 Å². The third kappa shape index (κ3) is 2.99. The monoisotopic (exact) mass is 344 g/mol. The molecule has 132 valence electrons. The number of ether oxygens (including phenoxy) is 2. The van der Waals surface area contributed by atoms with Gasteiger partial charge in [-0.05, 0) is 25.0 Å². The van der Waals surface area contributed by atoms with Crippen LogP contribution < -0.4 is 14.8 Å². The number of nitrogens with zero attached hydrogens (tertiary/aromatic N) is 3. The number of hydrogen-bond acceptors (Lipinski definition) is 6. The first kappa shape index (κ1) is 15.7. The third-order valence-corrected chi connectivity index (χ3v) is 4.40. The normalized spacial score (nSPS) is 18.8. The summed E-state index contributed by atoms with van der Waals surface area (Å²) in [6, 6.07) is 4.96. The molecule has 4 rings (SSSR count). The van der Waals surface area contributed by atoms with Crippen LogP contribution in [0.4, 0.5) is 10.5 Å². The van der Waals surface area contributed by atoms with Gasteiger partial charge in [-0.25, -0.2) is 4.79 Å². The molecule has 2 aliphatic rings. The van der Waals surface area contributed by atoms with Crippen LogP contribution in [0.15, 0.2) is 22.7 Å². The van der Waals surface area contributed by atoms with Crippen molar-refractivity contribution < 1.29 is 18.8 Å². The molecule has 2 aliphatic heterocycles. The van der Waals surface area contributed by atoms with E-state index in [-0.39, 0.29) is 24.8 Å². The quantitative estimate of drug-likeness (QED) is 0.919. The molecule has 0 radical (unpaired) electrons. The smallest absolute Gasteiger partial charge is 0.322 e. The van der Waals surface area contributed by atoms with Crippen molar-refractivity contribution in [2.45, 2.75) is 38.6 Å². The molecule has 2 aromatic rings. The number of anilines is 1. The van der Waals surface area contributed by atoms with Crippen LogP contribution in [-0.2, 0) is 0 Å². The highest BCUT2D eigenvalue weighted by Gasteiger charge is 2.34. The lowest BCUT2D eigenvalue weighted by atomic mass is 10.2. The minimum atomic E-state index is -0.189. The fourth-order valence-corrected chi connectivity index (χ4v) is 3.05. The predicted octanol–water partition coefficient (Wildman–Crippen LogP) is 3.29. The molecule has 1 N–H and O–H groups in total. The highest BCUT2D eigenvalue weighted by atomic mass is 16.7. The summed E-state index contributed by atoms with van der Waals surface area (Å²) >= 11 is 0. The van der Waals surface area contributed by atoms with Crippen molar-refractivity contribution in [1.29, 1.82) is 0 Å². The van der Waals surface area contributed by atoms with Crippen molar-refractivity contribution in [2.24, 2.45) is 0 Å². The average molecular weight is 344 g/mol. The van der Waals surface area contributed by atoms with E-state index in [9.17, 15) is 4.79 Å². The highest BCUT2D eigenvalue weighted by molar-refractivity contribution is 5.90. The zero-order valence-electron chi connectivity index (χ0n) is 14.2. The number of urea groups is 1. The van der Waals surface area contributed by atoms with E-state index in [1.54, 1.807) is 23.1 Å². The van der Waals surface area contributed by atoms with Crippen LogP contribution in [0.25, 0.3) is 0 Å². The lowest BCUT2D eigenvalue weighted by molar-refractivity contribution is 0.174. The van der Waals surface area contributed by atoms with Gasteiger partial charge in [-0.15, -0.1) is 0 Å². The first-order valence-electron chi connectivity index (χ1n) is 8.42. The van der Waals surface area contributed by atoms with Crippen molar-refractivity contribution in [2.75, 3.05) is 18.7 Å². The number of rotatable bonds is 3. The molecule has 8 heteroatoms. The van der Waals surface area contributed by atoms with Crippen molar-refractivity contribution in [3.05, 3.63) is 29.9 Å². The summed E-state index contributed by atoms with van der Waals surface area (Å²) in [6.07, 6.45) is 1.72. The molecule has 8 nitrogen and oxygen atoms in total. The van der Waals surface area contributed by atoms with Crippen molar-refractivity contribution >= 4 is 11.7 Å². The Hall–Kier alpha value is -2.77. The number of amides is 2. The SMILES string of the molecule is CC(C)c1noc([C@H]2CCCN2C(=O)Nc2ccc3c(c2)OCO3)n1. The number of hydrogen-bond donors (Lipinski definition) is 1. The van der Waals surface area contributed by atoms with Gasteiger partial charge in [0.2, 0.25) is 12.7 Å². The third-order valence-electron chi connectivity index (χ3n) is 4.40. The highest BCUT2D eigenvalue weighted by Crippen LogP contribution is 2.35. The summed E-state index contributed by atoms with van der Waals surface area (Å²) in [5.41, 5.74) is 0.660. The van der Waals surface area contributed by atoms with Gasteiger partial charge in [0.15, 0.2) is 17.3 Å². The number of aromatic nitrogens is 2. The molecule has 25 heavy (non-hydrogen) atoms. The zero-order valence-corrected chi connectivity index (χ0v) is 14.2. The molecule has 2 amide bonds. The second-order valence-electron chi connectivity index (χ2n) is 6.50. The van der Waals surface area contributed by atoms with Crippen LogP contribution in [-0.4, -0.2) is 34.4 Å². The minimum absolute atomic E-state index is 0.186. The Labute approximate surface area is 145 Å². The molecule has 1 aromatic carbocycles. The molecule has 0 spiro atoms. The molecule has 0 aliphatic carbocycles. The van der Waals surface area contributed by atoms with Crippen LogP contribution in [0.5, 0.6) is 11.5 Å². The molecule has 0 unspecified atom stereocenters. The lowest BCUT2D eigenvalue weighted by Gasteiger charge is -2.22. The number of fused-ring (bicyclic) bond motifs is 1. The van der Waals surface area contributed by atoms with Gasteiger partial charge in [0.05, 0.1) is 0 Å². The van der Waals surface area contributed by atoms with Crippen molar-refractivity contribution in [3.63, 3.8) is 0 Å². The molecule has 1 saturated heterocycles. The summed E-state index contributed by atoms with van der Waals surface area (Å²) in [5.74, 6) is 2.67. The average Bonchev–Trinajstić information content (AvgIpc) is 3.33. The standard InChI is InChI=1S/C17H20N4O4/c1-10(2)15-19-16(25-20-15)12-4-3-7-21(12)17(22)18-11-5-6-13-14(8-11)24-9-23-13/h5-6,8,10,12H,3-4,7,9H2,1-2H3,(H,18,22)/t12-/m1/s1. The zero-order chi connectivity index (χ0) is 17.4. The Morgan fingerprint density at radius 1 is 1.32 bits per heavy atom. The van der Waals surface area contributed by atoms with E-state index in [1.807, 2.05) is 13.8 Å². The van der Waals surface area contributed by atoms with E-state index >= 15 is 0 Å². The molecular weight excluding hydrogens is 324 g/mol. The van der Waals surface area contributed by atoms with E-state index in [1.165, 1.54) is 0 Å². The Kier molecular flexibility index (Phi) is 3.95. The second-order valence-corrected chi connectivity index (χ2v) is 6.50. The molecular formula is C17H20N4O4. The van der Waals surface area contributed by atoms with Crippen LogP contribution in [0.3, 0.4) is 0 Å². The summed E-state index contributed by atoms with van der Waals surface area (Å²) in [7, 11) is 0. The summed E-state index contributed by atoms with van der Waals surface area (Å²) in [6.45, 7) is 4.87. The van der Waals surface area contributed by atoms with Crippen LogP contribution >= 0.6 is 0 Å². The number of nitrogens with one attached hydrogen (secondary N) is 1. The van der Waals surface area contributed by atoms with E-state index in [0.29, 0.717) is 35.4 Å². The summed E-state index contributed by atoms with van der Waals surface area (Å²) in [5, 5.41) is 6.91. The van der Waals surface area contributed by atoms with E-state index in [2.05, 4.69) is 15.5 Å². The van der Waals surface area contributed by atoms with Crippen LogP contribution in [0.2, 0.25) is 0 Å². The van der Waals surface area contributed by atoms with Gasteiger partial charge in [0.25, 0.3) is 0 Å². The number of benzene rings is 1. The largest absolute Gasteiger partial charge is 0.454 e. The van der Waals surface area contributed by atoms with Gasteiger partial charge < -0.3 is 24.2 Å². The number of likely N-dealkylation sites (tertiary alicyclic amines) is 1. The maximum absolute atomic E-state index is 12.7. The molecule has 3 heterocycles. The Balaban J connectivity index is 1.48. The molecule has 0 saturated carbocycles. The first-order chi connectivity index (χ1) is 12.1. The van der Waals surface area contributed by atoms with Gasteiger partial charge in [-0.2, -0.15) is 4.98 Å². The Morgan fingerprint density at radius 2 is 2.16 bits per heavy atom. The van der Waals surface area contributed by atoms with Gasteiger partial charge in [0.1, 0.15) is 6.04 Å². The first-order valence-corrected chi connectivity index (χ1v) is 8.42. The number of carbonyl (C=O) groups is 1. The van der Waals surface area contributed by atoms with Gasteiger partial charge >= 0.3 is 6.03 Å².